The summed E-state index contributed by atoms with van der Waals surface area (Å²) >= 11 is 0. The molecule has 0 bridgehead atoms. The summed E-state index contributed by atoms with van der Waals surface area (Å²) in [4.78, 5) is 6.50. The third-order valence-corrected chi connectivity index (χ3v) is 4.37. The Morgan fingerprint density at radius 3 is 2.60 bits per heavy atom. The van der Waals surface area contributed by atoms with Crippen molar-refractivity contribution < 1.29 is 4.39 Å². The minimum absolute atomic E-state index is 0.108. The van der Waals surface area contributed by atoms with Gasteiger partial charge < -0.3 is 10.6 Å². The third-order valence-electron chi connectivity index (χ3n) is 4.37. The van der Waals surface area contributed by atoms with Crippen LogP contribution < -0.4 is 5.73 Å². The molecule has 1 aliphatic carbocycles. The highest BCUT2D eigenvalue weighted by Gasteiger charge is 2.18. The fourth-order valence-electron chi connectivity index (χ4n) is 2.98. The number of nitrogens with two attached hydrogens (primary N) is 1. The van der Waals surface area contributed by atoms with Crippen LogP contribution in [-0.4, -0.2) is 29.5 Å². The number of halogens is 1. The predicted octanol–water partition coefficient (Wildman–Crippen LogP) is 3.27. The molecule has 3 nitrogen and oxygen atoms in total. The van der Waals surface area contributed by atoms with Crippen molar-refractivity contribution in [1.29, 1.82) is 0 Å². The standard InChI is InChI=1S/C16H26FN3/c1-20(14-6-4-2-3-5-7-14)11-10-15(18)16-9-8-13(17)12-19-16/h8-9,12,14-15H,2-7,10-11,18H2,1H3. The molecular formula is C16H26FN3. The molecule has 1 aliphatic rings. The van der Waals surface area contributed by atoms with Crippen molar-refractivity contribution in [3.8, 4) is 0 Å². The van der Waals surface area contributed by atoms with Gasteiger partial charge >= 0.3 is 0 Å². The summed E-state index contributed by atoms with van der Waals surface area (Å²) in [6.07, 6.45) is 10.2. The van der Waals surface area contributed by atoms with Crippen molar-refractivity contribution in [2.45, 2.75) is 57.0 Å². The molecule has 2 N–H and O–H groups in total. The molecule has 0 amide bonds. The highest BCUT2D eigenvalue weighted by atomic mass is 19.1. The van der Waals surface area contributed by atoms with E-state index in [0.717, 1.165) is 18.7 Å². The lowest BCUT2D eigenvalue weighted by atomic mass is 10.1. The number of hydrogen-bond acceptors (Lipinski definition) is 3. The molecule has 1 aromatic rings. The van der Waals surface area contributed by atoms with Gasteiger partial charge in [-0.3, -0.25) is 4.98 Å². The van der Waals surface area contributed by atoms with E-state index in [9.17, 15) is 4.39 Å². The first-order valence-electron chi connectivity index (χ1n) is 7.74. The Balaban J connectivity index is 1.79. The Bertz CT molecular complexity index is 385. The van der Waals surface area contributed by atoms with Crippen LogP contribution >= 0.6 is 0 Å². The fraction of sp³-hybridized carbons (Fsp3) is 0.688. The minimum Gasteiger partial charge on any atom is -0.323 e. The summed E-state index contributed by atoms with van der Waals surface area (Å²) < 4.78 is 12.8. The minimum atomic E-state index is -0.309. The number of hydrogen-bond donors (Lipinski definition) is 1. The van der Waals surface area contributed by atoms with Crippen molar-refractivity contribution in [2.75, 3.05) is 13.6 Å². The Hall–Kier alpha value is -1.00. The third kappa shape index (κ3) is 4.53. The topological polar surface area (TPSA) is 42.1 Å². The quantitative estimate of drug-likeness (QED) is 0.841. The second-order valence-corrected chi connectivity index (χ2v) is 5.92. The van der Waals surface area contributed by atoms with Gasteiger partial charge in [-0.05, 0) is 45.0 Å². The normalized spacial score (nSPS) is 19.0. The van der Waals surface area contributed by atoms with Crippen LogP contribution in [0.1, 0.15) is 56.7 Å². The monoisotopic (exact) mass is 279 g/mol. The fourth-order valence-corrected chi connectivity index (χ4v) is 2.98. The van der Waals surface area contributed by atoms with E-state index < -0.39 is 0 Å². The smallest absolute Gasteiger partial charge is 0.141 e. The first-order valence-corrected chi connectivity index (χ1v) is 7.74. The number of aromatic nitrogens is 1. The molecule has 2 rings (SSSR count). The molecule has 1 atom stereocenters. The van der Waals surface area contributed by atoms with E-state index in [0.29, 0.717) is 6.04 Å². The molecule has 1 unspecified atom stereocenters. The first-order chi connectivity index (χ1) is 9.66. The van der Waals surface area contributed by atoms with Crippen LogP contribution in [0.3, 0.4) is 0 Å². The summed E-state index contributed by atoms with van der Waals surface area (Å²) in [7, 11) is 2.20. The highest BCUT2D eigenvalue weighted by Crippen LogP contribution is 2.22. The molecule has 4 heteroatoms. The maximum absolute atomic E-state index is 12.8. The van der Waals surface area contributed by atoms with Crippen molar-refractivity contribution in [1.82, 2.24) is 9.88 Å². The van der Waals surface area contributed by atoms with Crippen molar-refractivity contribution in [3.63, 3.8) is 0 Å². The molecule has 0 saturated heterocycles. The van der Waals surface area contributed by atoms with Crippen LogP contribution in [0.15, 0.2) is 18.3 Å². The Morgan fingerprint density at radius 2 is 2.00 bits per heavy atom. The van der Waals surface area contributed by atoms with Gasteiger partial charge in [0.15, 0.2) is 0 Å². The van der Waals surface area contributed by atoms with Crippen molar-refractivity contribution in [3.05, 3.63) is 29.8 Å². The number of rotatable bonds is 5. The van der Waals surface area contributed by atoms with Gasteiger partial charge in [-0.15, -0.1) is 0 Å². The molecule has 1 aromatic heterocycles. The molecule has 20 heavy (non-hydrogen) atoms. The zero-order valence-electron chi connectivity index (χ0n) is 12.4. The highest BCUT2D eigenvalue weighted by molar-refractivity contribution is 5.09. The van der Waals surface area contributed by atoms with E-state index in [1.54, 1.807) is 6.07 Å². The zero-order chi connectivity index (χ0) is 14.4. The summed E-state index contributed by atoms with van der Waals surface area (Å²) in [5, 5.41) is 0. The van der Waals surface area contributed by atoms with E-state index in [4.69, 9.17) is 5.73 Å². The lowest BCUT2D eigenvalue weighted by molar-refractivity contribution is 0.213. The molecule has 112 valence electrons. The SMILES string of the molecule is CN(CCC(N)c1ccc(F)cn1)C1CCCCCC1. The van der Waals surface area contributed by atoms with Gasteiger partial charge in [0.1, 0.15) is 5.82 Å². The second-order valence-electron chi connectivity index (χ2n) is 5.92. The maximum Gasteiger partial charge on any atom is 0.141 e. The van der Waals surface area contributed by atoms with Gasteiger partial charge in [-0.25, -0.2) is 4.39 Å². The van der Waals surface area contributed by atoms with Crippen LogP contribution in [0.5, 0.6) is 0 Å². The van der Waals surface area contributed by atoms with E-state index in [1.165, 1.54) is 50.8 Å². The van der Waals surface area contributed by atoms with E-state index >= 15 is 0 Å². The van der Waals surface area contributed by atoms with Crippen molar-refractivity contribution >= 4 is 0 Å². The van der Waals surface area contributed by atoms with Crippen LogP contribution in [0, 0.1) is 5.82 Å². The molecule has 1 fully saturated rings. The molecule has 1 saturated carbocycles. The van der Waals surface area contributed by atoms with Gasteiger partial charge in [0.05, 0.1) is 11.9 Å². The van der Waals surface area contributed by atoms with Gasteiger partial charge in [0.2, 0.25) is 0 Å². The van der Waals surface area contributed by atoms with Crippen LogP contribution in [-0.2, 0) is 0 Å². The average molecular weight is 279 g/mol. The summed E-state index contributed by atoms with van der Waals surface area (Å²) in [5.41, 5.74) is 6.92. The number of pyridine rings is 1. The molecular weight excluding hydrogens is 253 g/mol. The summed E-state index contributed by atoms with van der Waals surface area (Å²) in [5.74, 6) is -0.309. The zero-order valence-corrected chi connectivity index (χ0v) is 12.4. The van der Waals surface area contributed by atoms with Crippen molar-refractivity contribution in [2.24, 2.45) is 5.73 Å². The van der Waals surface area contributed by atoms with Crippen LogP contribution in [0.2, 0.25) is 0 Å². The molecule has 0 aromatic carbocycles. The lowest BCUT2D eigenvalue weighted by Crippen LogP contribution is -2.33. The average Bonchev–Trinajstić information content (AvgIpc) is 2.74. The second kappa shape index (κ2) is 7.70. The van der Waals surface area contributed by atoms with Crippen LogP contribution in [0.25, 0.3) is 0 Å². The maximum atomic E-state index is 12.8. The Kier molecular flexibility index (Phi) is 5.92. The van der Waals surface area contributed by atoms with E-state index in [2.05, 4.69) is 16.9 Å². The first kappa shape index (κ1) is 15.4. The summed E-state index contributed by atoms with van der Waals surface area (Å²) in [6.45, 7) is 0.977. The molecule has 1 heterocycles. The van der Waals surface area contributed by atoms with Gasteiger partial charge in [0, 0.05) is 12.1 Å². The Morgan fingerprint density at radius 1 is 1.30 bits per heavy atom. The van der Waals surface area contributed by atoms with Crippen LogP contribution in [0.4, 0.5) is 4.39 Å². The Labute approximate surface area is 121 Å². The molecule has 0 aliphatic heterocycles. The predicted molar refractivity (Wildman–Crippen MR) is 79.9 cm³/mol. The molecule has 0 spiro atoms. The molecule has 0 radical (unpaired) electrons. The van der Waals surface area contributed by atoms with Gasteiger partial charge in [0.25, 0.3) is 0 Å². The van der Waals surface area contributed by atoms with E-state index in [-0.39, 0.29) is 11.9 Å². The summed E-state index contributed by atoms with van der Waals surface area (Å²) in [6, 6.07) is 3.71. The van der Waals surface area contributed by atoms with Gasteiger partial charge in [-0.2, -0.15) is 0 Å². The largest absolute Gasteiger partial charge is 0.323 e. The van der Waals surface area contributed by atoms with Gasteiger partial charge in [-0.1, -0.05) is 25.7 Å². The number of nitrogens with zero attached hydrogens (tertiary/aromatic N) is 2. The lowest BCUT2D eigenvalue weighted by Gasteiger charge is -2.28. The van der Waals surface area contributed by atoms with E-state index in [1.807, 2.05) is 0 Å².